The summed E-state index contributed by atoms with van der Waals surface area (Å²) in [6.45, 7) is 2.81. The minimum atomic E-state index is -0.558. The zero-order chi connectivity index (χ0) is 18.9. The van der Waals surface area contributed by atoms with Crippen molar-refractivity contribution in [2.24, 2.45) is 5.73 Å². The summed E-state index contributed by atoms with van der Waals surface area (Å²) < 4.78 is 13.9. The van der Waals surface area contributed by atoms with Crippen molar-refractivity contribution in [3.05, 3.63) is 65.5 Å². The largest absolute Gasteiger partial charge is 0.340 e. The zero-order valence-electron chi connectivity index (χ0n) is 15.2. The number of ketones is 1. The van der Waals surface area contributed by atoms with Gasteiger partial charge < -0.3 is 10.6 Å². The van der Waals surface area contributed by atoms with E-state index in [1.54, 1.807) is 11.0 Å². The van der Waals surface area contributed by atoms with Gasteiger partial charge in [0.25, 0.3) is 0 Å². The third-order valence-electron chi connectivity index (χ3n) is 3.95. The molecule has 0 spiro atoms. The van der Waals surface area contributed by atoms with Crippen LogP contribution >= 0.6 is 24.2 Å². The summed E-state index contributed by atoms with van der Waals surface area (Å²) in [7, 11) is 0. The Labute approximate surface area is 169 Å². The number of carbonyl (C=O) groups excluding carboxylic acids is 2. The van der Waals surface area contributed by atoms with E-state index in [2.05, 4.69) is 0 Å². The molecule has 1 amide bonds. The highest BCUT2D eigenvalue weighted by molar-refractivity contribution is 8.00. The molecule has 146 valence electrons. The molecule has 4 nitrogen and oxygen atoms in total. The first-order chi connectivity index (χ1) is 12.5. The summed E-state index contributed by atoms with van der Waals surface area (Å²) in [5, 5.41) is 0. The fraction of sp³-hybridized carbons (Fsp3) is 0.300. The number of nitrogens with two attached hydrogens (primary N) is 1. The van der Waals surface area contributed by atoms with Gasteiger partial charge in [0.05, 0.1) is 11.3 Å². The van der Waals surface area contributed by atoms with Crippen molar-refractivity contribution in [1.82, 2.24) is 4.90 Å². The van der Waals surface area contributed by atoms with Gasteiger partial charge in [-0.3, -0.25) is 9.59 Å². The molecule has 0 unspecified atom stereocenters. The molecule has 0 fully saturated rings. The fourth-order valence-electron chi connectivity index (χ4n) is 2.53. The smallest absolute Gasteiger partial charge is 0.232 e. The minimum absolute atomic E-state index is 0. The van der Waals surface area contributed by atoms with Crippen molar-refractivity contribution in [2.45, 2.75) is 18.2 Å². The van der Waals surface area contributed by atoms with E-state index in [4.69, 9.17) is 5.73 Å². The minimum Gasteiger partial charge on any atom is -0.340 e. The third-order valence-corrected chi connectivity index (χ3v) is 4.93. The molecule has 0 aliphatic heterocycles. The molecule has 2 aromatic carbocycles. The van der Waals surface area contributed by atoms with Crippen LogP contribution in [0, 0.1) is 5.82 Å². The Hall–Kier alpha value is -1.89. The summed E-state index contributed by atoms with van der Waals surface area (Å²) in [5.41, 5.74) is 6.85. The van der Waals surface area contributed by atoms with Crippen LogP contribution in [0.3, 0.4) is 0 Å². The van der Waals surface area contributed by atoms with Crippen LogP contribution in [0.2, 0.25) is 0 Å². The van der Waals surface area contributed by atoms with Gasteiger partial charge in [-0.2, -0.15) is 0 Å². The van der Waals surface area contributed by atoms with Gasteiger partial charge in [0.1, 0.15) is 5.82 Å². The quantitative estimate of drug-likeness (QED) is 0.507. The molecule has 0 radical (unpaired) electrons. The van der Waals surface area contributed by atoms with Crippen LogP contribution < -0.4 is 5.73 Å². The van der Waals surface area contributed by atoms with Crippen LogP contribution in [-0.4, -0.2) is 42.0 Å². The highest BCUT2D eigenvalue weighted by atomic mass is 35.5. The predicted octanol–water partition coefficient (Wildman–Crippen LogP) is 3.57. The number of nitrogens with zero attached hydrogens (tertiary/aromatic N) is 1. The SMILES string of the molecule is CC(=O)c1ccc(SCC(=O)N(CCN)CCc2ccccc2)cc1F.Cl. The van der Waals surface area contributed by atoms with E-state index in [0.29, 0.717) is 24.5 Å². The van der Waals surface area contributed by atoms with E-state index < -0.39 is 5.82 Å². The Morgan fingerprint density at radius 2 is 1.81 bits per heavy atom. The molecule has 0 aromatic heterocycles. The van der Waals surface area contributed by atoms with Crippen LogP contribution in [0.25, 0.3) is 0 Å². The molecular formula is C20H24ClFN2O2S. The van der Waals surface area contributed by atoms with Gasteiger partial charge in [0.2, 0.25) is 5.91 Å². The predicted molar refractivity (Wildman–Crippen MR) is 110 cm³/mol. The van der Waals surface area contributed by atoms with Gasteiger partial charge in [-0.15, -0.1) is 24.2 Å². The number of rotatable bonds is 9. The molecule has 27 heavy (non-hydrogen) atoms. The van der Waals surface area contributed by atoms with Crippen LogP contribution in [-0.2, 0) is 11.2 Å². The number of thioether (sulfide) groups is 1. The van der Waals surface area contributed by atoms with Gasteiger partial charge >= 0.3 is 0 Å². The molecule has 0 aliphatic carbocycles. The average Bonchev–Trinajstić information content (AvgIpc) is 2.63. The monoisotopic (exact) mass is 410 g/mol. The van der Waals surface area contributed by atoms with Gasteiger partial charge in [-0.05, 0) is 37.1 Å². The Morgan fingerprint density at radius 1 is 1.11 bits per heavy atom. The first kappa shape index (κ1) is 23.1. The number of benzene rings is 2. The Bertz CT molecular complexity index is 759. The van der Waals surface area contributed by atoms with E-state index in [9.17, 15) is 14.0 Å². The molecule has 2 aromatic rings. The molecule has 0 bridgehead atoms. The fourth-order valence-corrected chi connectivity index (χ4v) is 3.36. The van der Waals surface area contributed by atoms with E-state index in [-0.39, 0.29) is 35.4 Å². The third kappa shape index (κ3) is 7.33. The molecule has 0 heterocycles. The zero-order valence-corrected chi connectivity index (χ0v) is 16.8. The lowest BCUT2D eigenvalue weighted by atomic mass is 10.1. The maximum absolute atomic E-state index is 13.9. The maximum atomic E-state index is 13.9. The van der Waals surface area contributed by atoms with Crippen molar-refractivity contribution in [3.8, 4) is 0 Å². The molecule has 2 N–H and O–H groups in total. The second-order valence-electron chi connectivity index (χ2n) is 5.89. The highest BCUT2D eigenvalue weighted by Gasteiger charge is 2.14. The number of halogens is 2. The van der Waals surface area contributed by atoms with Gasteiger partial charge in [-0.1, -0.05) is 30.3 Å². The second kappa shape index (κ2) is 11.7. The van der Waals surface area contributed by atoms with Crippen LogP contribution in [0.4, 0.5) is 4.39 Å². The Kier molecular flexibility index (Phi) is 10.1. The lowest BCUT2D eigenvalue weighted by Gasteiger charge is -2.22. The van der Waals surface area contributed by atoms with E-state index in [1.807, 2.05) is 30.3 Å². The standard InChI is InChI=1S/C20H23FN2O2S.ClH/c1-15(24)18-8-7-17(13-19(18)21)26-14-20(25)23(12-10-22)11-9-16-5-3-2-4-6-16;/h2-8,13H,9-12,14,22H2,1H3;1H. The summed E-state index contributed by atoms with van der Waals surface area (Å²) in [5.74, 6) is -0.705. The molecule has 0 saturated carbocycles. The van der Waals surface area contributed by atoms with Crippen LogP contribution in [0.5, 0.6) is 0 Å². The summed E-state index contributed by atoms with van der Waals surface area (Å²) >= 11 is 1.26. The summed E-state index contributed by atoms with van der Waals surface area (Å²) in [4.78, 5) is 26.1. The molecule has 0 saturated heterocycles. The first-order valence-electron chi connectivity index (χ1n) is 8.46. The normalized spacial score (nSPS) is 10.2. The number of hydrogen-bond donors (Lipinski definition) is 1. The average molecular weight is 411 g/mol. The second-order valence-corrected chi connectivity index (χ2v) is 6.94. The lowest BCUT2D eigenvalue weighted by Crippen LogP contribution is -2.38. The van der Waals surface area contributed by atoms with Gasteiger partial charge in [0.15, 0.2) is 5.78 Å². The highest BCUT2D eigenvalue weighted by Crippen LogP contribution is 2.21. The number of carbonyl (C=O) groups is 2. The number of Topliss-reactive ketones (excluding diaryl/α,β-unsaturated/α-hetero) is 1. The summed E-state index contributed by atoms with van der Waals surface area (Å²) in [6.07, 6.45) is 0.763. The van der Waals surface area contributed by atoms with E-state index in [0.717, 1.165) is 12.0 Å². The molecule has 7 heteroatoms. The summed E-state index contributed by atoms with van der Waals surface area (Å²) in [6, 6.07) is 14.4. The lowest BCUT2D eigenvalue weighted by molar-refractivity contribution is -0.128. The van der Waals surface area contributed by atoms with Crippen LogP contribution in [0.1, 0.15) is 22.8 Å². The molecule has 0 aliphatic rings. The maximum Gasteiger partial charge on any atom is 0.232 e. The van der Waals surface area contributed by atoms with Crippen molar-refractivity contribution in [3.63, 3.8) is 0 Å². The molecular weight excluding hydrogens is 387 g/mol. The van der Waals surface area contributed by atoms with Crippen molar-refractivity contribution < 1.29 is 14.0 Å². The van der Waals surface area contributed by atoms with E-state index in [1.165, 1.54) is 30.8 Å². The van der Waals surface area contributed by atoms with Crippen molar-refractivity contribution in [1.29, 1.82) is 0 Å². The van der Waals surface area contributed by atoms with Crippen molar-refractivity contribution in [2.75, 3.05) is 25.4 Å². The van der Waals surface area contributed by atoms with Gasteiger partial charge in [0, 0.05) is 24.5 Å². The van der Waals surface area contributed by atoms with Gasteiger partial charge in [-0.25, -0.2) is 4.39 Å². The topological polar surface area (TPSA) is 63.4 Å². The number of amides is 1. The van der Waals surface area contributed by atoms with Crippen molar-refractivity contribution >= 4 is 35.9 Å². The molecule has 2 rings (SSSR count). The van der Waals surface area contributed by atoms with Crippen LogP contribution in [0.15, 0.2) is 53.4 Å². The van der Waals surface area contributed by atoms with E-state index >= 15 is 0 Å². The number of hydrogen-bond acceptors (Lipinski definition) is 4. The first-order valence-corrected chi connectivity index (χ1v) is 9.45. The Balaban J connectivity index is 0.00000364. The Morgan fingerprint density at radius 3 is 2.41 bits per heavy atom. The molecule has 0 atom stereocenters.